The Kier molecular flexibility index (Phi) is 5.85. The average Bonchev–Trinajstić information content (AvgIpc) is 3.01. The van der Waals surface area contributed by atoms with Crippen LogP contribution in [0.2, 0.25) is 0 Å². The molecule has 0 radical (unpaired) electrons. The molecule has 0 spiro atoms. The second-order valence-corrected chi connectivity index (χ2v) is 7.45. The summed E-state index contributed by atoms with van der Waals surface area (Å²) in [7, 11) is 2.18. The second-order valence-electron chi connectivity index (χ2n) is 7.45. The van der Waals surface area contributed by atoms with Gasteiger partial charge in [-0.25, -0.2) is 5.43 Å². The van der Waals surface area contributed by atoms with Crippen LogP contribution < -0.4 is 16.6 Å². The van der Waals surface area contributed by atoms with E-state index >= 15 is 0 Å². The first-order valence-electron chi connectivity index (χ1n) is 9.49. The molecular formula is C22H31N5. The maximum Gasteiger partial charge on any atom is 0.114 e. The first-order valence-corrected chi connectivity index (χ1v) is 9.49. The third kappa shape index (κ3) is 3.86. The van der Waals surface area contributed by atoms with Gasteiger partial charge < -0.3 is 16.1 Å². The Labute approximate surface area is 162 Å². The van der Waals surface area contributed by atoms with Crippen molar-refractivity contribution in [2.45, 2.75) is 19.5 Å². The number of allylic oxidation sites excluding steroid dienone is 3. The van der Waals surface area contributed by atoms with Crippen molar-refractivity contribution in [3.8, 4) is 0 Å². The molecule has 4 N–H and O–H groups in total. The minimum Gasteiger partial charge on any atom is -0.405 e. The summed E-state index contributed by atoms with van der Waals surface area (Å²) >= 11 is 0. The fourth-order valence-electron chi connectivity index (χ4n) is 3.86. The van der Waals surface area contributed by atoms with E-state index in [1.54, 1.807) is 6.20 Å². The lowest BCUT2D eigenvalue weighted by Crippen LogP contribution is -2.62. The number of likely N-dealkylation sites (N-methyl/N-ethyl adjacent to an activating group) is 1. The van der Waals surface area contributed by atoms with Gasteiger partial charge in [0.15, 0.2) is 0 Å². The molecule has 0 amide bonds. The van der Waals surface area contributed by atoms with Crippen molar-refractivity contribution in [3.63, 3.8) is 0 Å². The van der Waals surface area contributed by atoms with Crippen molar-refractivity contribution in [2.75, 3.05) is 33.2 Å². The van der Waals surface area contributed by atoms with Crippen LogP contribution in [-0.2, 0) is 0 Å². The molecule has 1 aromatic rings. The molecule has 1 fully saturated rings. The quantitative estimate of drug-likeness (QED) is 0.700. The highest BCUT2D eigenvalue weighted by Gasteiger charge is 2.43. The summed E-state index contributed by atoms with van der Waals surface area (Å²) in [6, 6.07) is 8.60. The van der Waals surface area contributed by atoms with Gasteiger partial charge in [-0.2, -0.15) is 0 Å². The summed E-state index contributed by atoms with van der Waals surface area (Å²) < 4.78 is 0. The highest BCUT2D eigenvalue weighted by molar-refractivity contribution is 5.77. The van der Waals surface area contributed by atoms with Gasteiger partial charge in [-0.15, -0.1) is 0 Å². The number of hydrogen-bond acceptors (Lipinski definition) is 5. The van der Waals surface area contributed by atoms with Crippen molar-refractivity contribution in [1.29, 1.82) is 0 Å². The largest absolute Gasteiger partial charge is 0.405 e. The zero-order chi connectivity index (χ0) is 19.4. The number of hydrogen-bond donors (Lipinski definition) is 3. The predicted molar refractivity (Wildman–Crippen MR) is 113 cm³/mol. The van der Waals surface area contributed by atoms with E-state index in [0.717, 1.165) is 43.0 Å². The van der Waals surface area contributed by atoms with Crippen LogP contribution in [0.1, 0.15) is 18.1 Å². The topological polar surface area (TPSA) is 56.6 Å². The standard InChI is InChI=1S/C22H31N5/c1-5-6-18(11-12-23)20-21(19-9-7-17(2)8-10-19)24-25-22(20,3)27-15-13-26(4)14-16-27/h5-12,24-25H,1,13-16,23H2,2-4H3/b12-11-,18-6+. The number of nitrogens with zero attached hydrogens (tertiary/aromatic N) is 2. The predicted octanol–water partition coefficient (Wildman–Crippen LogP) is 2.36. The van der Waals surface area contributed by atoms with Gasteiger partial charge in [-0.3, -0.25) is 4.90 Å². The van der Waals surface area contributed by atoms with Gasteiger partial charge in [0, 0.05) is 31.8 Å². The molecule has 0 bridgehead atoms. The molecule has 2 aliphatic rings. The van der Waals surface area contributed by atoms with E-state index in [0.29, 0.717) is 0 Å². The zero-order valence-electron chi connectivity index (χ0n) is 16.6. The van der Waals surface area contributed by atoms with Crippen molar-refractivity contribution in [2.24, 2.45) is 5.73 Å². The number of benzene rings is 1. The third-order valence-corrected chi connectivity index (χ3v) is 5.51. The molecule has 144 valence electrons. The molecule has 1 saturated heterocycles. The smallest absolute Gasteiger partial charge is 0.114 e. The van der Waals surface area contributed by atoms with Gasteiger partial charge in [0.25, 0.3) is 0 Å². The lowest BCUT2D eigenvalue weighted by Gasteiger charge is -2.44. The Morgan fingerprint density at radius 2 is 1.85 bits per heavy atom. The summed E-state index contributed by atoms with van der Waals surface area (Å²) in [5.41, 5.74) is 18.2. The highest BCUT2D eigenvalue weighted by atomic mass is 15.5. The fraction of sp³-hybridized carbons (Fsp3) is 0.364. The van der Waals surface area contributed by atoms with E-state index in [-0.39, 0.29) is 5.66 Å². The van der Waals surface area contributed by atoms with Gasteiger partial charge in [0.05, 0.1) is 5.70 Å². The number of hydrazine groups is 1. The number of nitrogens with one attached hydrogen (secondary N) is 2. The third-order valence-electron chi connectivity index (χ3n) is 5.51. The first kappa shape index (κ1) is 19.4. The molecule has 0 aromatic heterocycles. The van der Waals surface area contributed by atoms with Crippen molar-refractivity contribution < 1.29 is 0 Å². The Bertz CT molecular complexity index is 766. The lowest BCUT2D eigenvalue weighted by atomic mass is 9.89. The van der Waals surface area contributed by atoms with E-state index in [4.69, 9.17) is 5.73 Å². The maximum atomic E-state index is 5.78. The summed E-state index contributed by atoms with van der Waals surface area (Å²) in [4.78, 5) is 4.87. The molecule has 3 rings (SSSR count). The molecule has 1 unspecified atom stereocenters. The van der Waals surface area contributed by atoms with E-state index < -0.39 is 0 Å². The molecule has 5 nitrogen and oxygen atoms in total. The summed E-state index contributed by atoms with van der Waals surface area (Å²) in [5.74, 6) is 0. The minimum atomic E-state index is -0.337. The Morgan fingerprint density at radius 3 is 2.44 bits per heavy atom. The van der Waals surface area contributed by atoms with Crippen LogP contribution in [0.3, 0.4) is 0 Å². The maximum absolute atomic E-state index is 5.78. The van der Waals surface area contributed by atoms with Crippen LogP contribution in [0.15, 0.2) is 66.4 Å². The molecule has 0 saturated carbocycles. The minimum absolute atomic E-state index is 0.337. The van der Waals surface area contributed by atoms with Crippen LogP contribution in [0, 0.1) is 6.92 Å². The van der Waals surface area contributed by atoms with Gasteiger partial charge in [-0.05, 0) is 44.3 Å². The Hall–Kier alpha value is -2.34. The van der Waals surface area contributed by atoms with Crippen LogP contribution in [-0.4, -0.2) is 48.7 Å². The SMILES string of the molecule is C=C/C=C(\C=C/N)C1=C(c2ccc(C)cc2)NNC1(C)N1CCN(C)CC1. The molecule has 27 heavy (non-hydrogen) atoms. The molecule has 2 aliphatic heterocycles. The average molecular weight is 366 g/mol. The number of nitrogens with two attached hydrogens (primary N) is 1. The van der Waals surface area contributed by atoms with Gasteiger partial charge in [0.2, 0.25) is 0 Å². The first-order chi connectivity index (χ1) is 13.0. The summed E-state index contributed by atoms with van der Waals surface area (Å²) in [6.45, 7) is 12.3. The van der Waals surface area contributed by atoms with Gasteiger partial charge in [-0.1, -0.05) is 48.6 Å². The Morgan fingerprint density at radius 1 is 1.19 bits per heavy atom. The molecule has 5 heteroatoms. The summed E-state index contributed by atoms with van der Waals surface area (Å²) in [5, 5.41) is 0. The van der Waals surface area contributed by atoms with Crippen LogP contribution in [0.4, 0.5) is 0 Å². The molecule has 1 atom stereocenters. The van der Waals surface area contributed by atoms with Crippen LogP contribution in [0.5, 0.6) is 0 Å². The van der Waals surface area contributed by atoms with Crippen molar-refractivity contribution in [1.82, 2.24) is 20.7 Å². The van der Waals surface area contributed by atoms with E-state index in [1.807, 2.05) is 18.2 Å². The molecule has 0 aliphatic carbocycles. The van der Waals surface area contributed by atoms with Crippen molar-refractivity contribution >= 4 is 5.70 Å². The second kappa shape index (κ2) is 8.13. The fourth-order valence-corrected chi connectivity index (χ4v) is 3.86. The normalized spacial score (nSPS) is 25.2. The molecule has 2 heterocycles. The van der Waals surface area contributed by atoms with Gasteiger partial charge >= 0.3 is 0 Å². The van der Waals surface area contributed by atoms with E-state index in [2.05, 4.69) is 72.4 Å². The van der Waals surface area contributed by atoms with Crippen LogP contribution in [0.25, 0.3) is 5.70 Å². The van der Waals surface area contributed by atoms with E-state index in [1.165, 1.54) is 11.1 Å². The van der Waals surface area contributed by atoms with Crippen molar-refractivity contribution in [3.05, 3.63) is 77.5 Å². The zero-order valence-corrected chi connectivity index (χ0v) is 16.6. The highest BCUT2D eigenvalue weighted by Crippen LogP contribution is 2.38. The molecule has 1 aromatic carbocycles. The summed E-state index contributed by atoms with van der Waals surface area (Å²) in [6.07, 6.45) is 7.39. The van der Waals surface area contributed by atoms with E-state index in [9.17, 15) is 0 Å². The monoisotopic (exact) mass is 365 g/mol. The number of aryl methyl sites for hydroxylation is 1. The lowest BCUT2D eigenvalue weighted by molar-refractivity contribution is 0.0546. The van der Waals surface area contributed by atoms with Gasteiger partial charge in [0.1, 0.15) is 5.66 Å². The van der Waals surface area contributed by atoms with Crippen LogP contribution >= 0.6 is 0 Å². The number of rotatable bonds is 5. The Balaban J connectivity index is 2.12. The number of piperazine rings is 1. The molecular weight excluding hydrogens is 334 g/mol.